The first-order valence-electron chi connectivity index (χ1n) is 7.00. The third-order valence-corrected chi connectivity index (χ3v) is 4.24. The number of aromatic amines is 1. The minimum Gasteiger partial charge on any atom is -0.352 e. The Hall–Kier alpha value is -2.21. The lowest BCUT2D eigenvalue weighted by Crippen LogP contribution is -2.28. The van der Waals surface area contributed by atoms with E-state index in [0.29, 0.717) is 10.4 Å². The molecule has 6 heteroatoms. The van der Waals surface area contributed by atoms with Gasteiger partial charge >= 0.3 is 0 Å². The zero-order valence-electron chi connectivity index (χ0n) is 12.6. The molecule has 0 aliphatic rings. The second-order valence-corrected chi connectivity index (χ2v) is 6.07. The van der Waals surface area contributed by atoms with Crippen molar-refractivity contribution in [1.82, 2.24) is 10.3 Å². The molecule has 116 valence electrons. The van der Waals surface area contributed by atoms with Gasteiger partial charge in [-0.05, 0) is 36.9 Å². The molecule has 2 aromatic rings. The summed E-state index contributed by atoms with van der Waals surface area (Å²) in [5, 5.41) is 4.53. The highest BCUT2D eigenvalue weighted by Gasteiger charge is 2.11. The maximum Gasteiger partial charge on any atom is 0.253 e. The first-order valence-corrected chi connectivity index (χ1v) is 7.88. The molecule has 5 nitrogen and oxygen atoms in total. The number of nitrogens with one attached hydrogen (secondary N) is 2. The average Bonchev–Trinajstić information content (AvgIpc) is 2.97. The van der Waals surface area contributed by atoms with E-state index < -0.39 is 0 Å². The molecule has 0 saturated carbocycles. The molecule has 0 atom stereocenters. The Morgan fingerprint density at radius 2 is 2.05 bits per heavy atom. The van der Waals surface area contributed by atoms with Crippen molar-refractivity contribution in [3.8, 4) is 0 Å². The van der Waals surface area contributed by atoms with Crippen molar-refractivity contribution in [1.29, 1.82) is 0 Å². The van der Waals surface area contributed by atoms with Crippen LogP contribution in [0.2, 0.25) is 0 Å². The number of Topliss-reactive ketones (excluding diaryl/α,β-unsaturated/α-hetero) is 1. The number of hydrogen-bond donors (Lipinski definition) is 2. The second kappa shape index (κ2) is 7.17. The van der Waals surface area contributed by atoms with Crippen LogP contribution in [0, 0.1) is 13.8 Å². The number of hydrogen-bond acceptors (Lipinski definition) is 4. The number of rotatable bonds is 6. The summed E-state index contributed by atoms with van der Waals surface area (Å²) in [7, 11) is 0. The van der Waals surface area contributed by atoms with Crippen molar-refractivity contribution in [3.63, 3.8) is 0 Å². The van der Waals surface area contributed by atoms with Crippen LogP contribution in [-0.2, 0) is 11.3 Å². The molecule has 0 saturated heterocycles. The lowest BCUT2D eigenvalue weighted by Gasteiger charge is -2.08. The van der Waals surface area contributed by atoms with Crippen LogP contribution in [0.4, 0.5) is 0 Å². The first-order chi connectivity index (χ1) is 10.5. The molecule has 0 bridgehead atoms. The number of thiophene rings is 1. The highest BCUT2D eigenvalue weighted by atomic mass is 32.1. The average molecular weight is 318 g/mol. The molecule has 2 rings (SSSR count). The molecular weight excluding hydrogens is 300 g/mol. The number of carbonyl (C=O) groups is 2. The van der Waals surface area contributed by atoms with E-state index in [4.69, 9.17) is 0 Å². The van der Waals surface area contributed by atoms with E-state index >= 15 is 0 Å². The van der Waals surface area contributed by atoms with Crippen LogP contribution in [-0.4, -0.2) is 16.7 Å². The van der Waals surface area contributed by atoms with Crippen LogP contribution < -0.4 is 10.9 Å². The standard InChI is InChI=1S/C16H18N2O3S/c1-10-8-11(2)18-16(21)12(10)9-17-15(20)6-5-13(19)14-4-3-7-22-14/h3-4,7-8H,5-6,9H2,1-2H3,(H,17,20)(H,18,21). The van der Waals surface area contributed by atoms with E-state index in [1.807, 2.05) is 31.4 Å². The summed E-state index contributed by atoms with van der Waals surface area (Å²) in [6.45, 7) is 3.82. The number of ketones is 1. The SMILES string of the molecule is Cc1cc(C)c(CNC(=O)CCC(=O)c2cccs2)c(=O)[nH]1. The predicted octanol–water partition coefficient (Wildman–Crippen LogP) is 2.33. The third-order valence-electron chi connectivity index (χ3n) is 3.33. The molecule has 0 aliphatic heterocycles. The Balaban J connectivity index is 1.86. The topological polar surface area (TPSA) is 79.0 Å². The number of aryl methyl sites for hydroxylation is 2. The van der Waals surface area contributed by atoms with E-state index in [9.17, 15) is 14.4 Å². The van der Waals surface area contributed by atoms with Crippen LogP contribution in [0.3, 0.4) is 0 Å². The molecule has 2 heterocycles. The summed E-state index contributed by atoms with van der Waals surface area (Å²) in [4.78, 5) is 38.8. The summed E-state index contributed by atoms with van der Waals surface area (Å²) in [5.41, 5.74) is 1.99. The van der Waals surface area contributed by atoms with Gasteiger partial charge in [-0.1, -0.05) is 6.07 Å². The van der Waals surface area contributed by atoms with Crippen molar-refractivity contribution >= 4 is 23.0 Å². The van der Waals surface area contributed by atoms with E-state index in [-0.39, 0.29) is 36.6 Å². The van der Waals surface area contributed by atoms with Gasteiger partial charge in [0.15, 0.2) is 5.78 Å². The van der Waals surface area contributed by atoms with Gasteiger partial charge in [0.1, 0.15) is 0 Å². The zero-order chi connectivity index (χ0) is 16.1. The van der Waals surface area contributed by atoms with E-state index in [2.05, 4.69) is 10.3 Å². The number of amides is 1. The van der Waals surface area contributed by atoms with E-state index in [0.717, 1.165) is 11.3 Å². The molecule has 22 heavy (non-hydrogen) atoms. The molecule has 0 radical (unpaired) electrons. The van der Waals surface area contributed by atoms with Crippen LogP contribution in [0.25, 0.3) is 0 Å². The van der Waals surface area contributed by atoms with Gasteiger partial charge in [0.25, 0.3) is 5.56 Å². The highest BCUT2D eigenvalue weighted by molar-refractivity contribution is 7.12. The fourth-order valence-corrected chi connectivity index (χ4v) is 2.86. The van der Waals surface area contributed by atoms with Gasteiger partial charge in [0.2, 0.25) is 5.91 Å². The molecule has 0 unspecified atom stereocenters. The van der Waals surface area contributed by atoms with Gasteiger partial charge in [-0.15, -0.1) is 11.3 Å². The Labute approximate surface area is 132 Å². The highest BCUT2D eigenvalue weighted by Crippen LogP contribution is 2.12. The minimum absolute atomic E-state index is 0.0329. The Morgan fingerprint density at radius 1 is 1.27 bits per heavy atom. The van der Waals surface area contributed by atoms with Crippen molar-refractivity contribution < 1.29 is 9.59 Å². The Morgan fingerprint density at radius 3 is 2.68 bits per heavy atom. The predicted molar refractivity (Wildman–Crippen MR) is 86.3 cm³/mol. The zero-order valence-corrected chi connectivity index (χ0v) is 13.4. The molecule has 0 spiro atoms. The smallest absolute Gasteiger partial charge is 0.253 e. The van der Waals surface area contributed by atoms with Gasteiger partial charge in [0, 0.05) is 30.6 Å². The monoisotopic (exact) mass is 318 g/mol. The maximum atomic E-state index is 11.8. The van der Waals surface area contributed by atoms with Crippen LogP contribution in [0.15, 0.2) is 28.4 Å². The molecule has 2 N–H and O–H groups in total. The molecule has 0 fully saturated rings. The summed E-state index contributed by atoms with van der Waals surface area (Å²) in [5.74, 6) is -0.265. The van der Waals surface area contributed by atoms with Crippen molar-refractivity contribution in [3.05, 3.63) is 55.6 Å². The van der Waals surface area contributed by atoms with E-state index in [1.54, 1.807) is 6.07 Å². The molecule has 0 aliphatic carbocycles. The maximum absolute atomic E-state index is 11.8. The van der Waals surface area contributed by atoms with Crippen LogP contribution in [0.5, 0.6) is 0 Å². The molecule has 1 amide bonds. The third kappa shape index (κ3) is 4.14. The lowest BCUT2D eigenvalue weighted by atomic mass is 10.1. The van der Waals surface area contributed by atoms with Gasteiger partial charge in [-0.3, -0.25) is 14.4 Å². The van der Waals surface area contributed by atoms with Crippen molar-refractivity contribution in [2.75, 3.05) is 0 Å². The number of H-pyrrole nitrogens is 1. The quantitative estimate of drug-likeness (QED) is 0.802. The lowest BCUT2D eigenvalue weighted by molar-refractivity contribution is -0.121. The fourth-order valence-electron chi connectivity index (χ4n) is 2.16. The van der Waals surface area contributed by atoms with Crippen molar-refractivity contribution in [2.45, 2.75) is 33.2 Å². The summed E-state index contributed by atoms with van der Waals surface area (Å²) < 4.78 is 0. The fraction of sp³-hybridized carbons (Fsp3) is 0.312. The Kier molecular flexibility index (Phi) is 5.27. The number of carbonyl (C=O) groups excluding carboxylic acids is 2. The van der Waals surface area contributed by atoms with Gasteiger partial charge in [0.05, 0.1) is 4.88 Å². The summed E-state index contributed by atoms with van der Waals surface area (Å²) in [6, 6.07) is 5.42. The van der Waals surface area contributed by atoms with Gasteiger partial charge in [-0.2, -0.15) is 0 Å². The number of aromatic nitrogens is 1. The second-order valence-electron chi connectivity index (χ2n) is 5.12. The molecular formula is C16H18N2O3S. The minimum atomic E-state index is -0.232. The number of pyridine rings is 1. The van der Waals surface area contributed by atoms with E-state index in [1.165, 1.54) is 11.3 Å². The largest absolute Gasteiger partial charge is 0.352 e. The first kappa shape index (κ1) is 16.2. The summed E-state index contributed by atoms with van der Waals surface area (Å²) >= 11 is 1.37. The van der Waals surface area contributed by atoms with Gasteiger partial charge in [-0.25, -0.2) is 0 Å². The summed E-state index contributed by atoms with van der Waals surface area (Å²) in [6.07, 6.45) is 0.301. The molecule has 2 aromatic heterocycles. The van der Waals surface area contributed by atoms with Crippen LogP contribution >= 0.6 is 11.3 Å². The molecule has 0 aromatic carbocycles. The van der Waals surface area contributed by atoms with Gasteiger partial charge < -0.3 is 10.3 Å². The normalized spacial score (nSPS) is 10.5. The van der Waals surface area contributed by atoms with Crippen molar-refractivity contribution in [2.24, 2.45) is 0 Å². The Bertz CT molecular complexity index is 732. The van der Waals surface area contributed by atoms with Crippen LogP contribution in [0.1, 0.15) is 39.3 Å².